The summed E-state index contributed by atoms with van der Waals surface area (Å²) in [6.07, 6.45) is 1.09. The summed E-state index contributed by atoms with van der Waals surface area (Å²) >= 11 is 1.81. The van der Waals surface area contributed by atoms with Gasteiger partial charge in [-0.25, -0.2) is 0 Å². The van der Waals surface area contributed by atoms with E-state index in [0.29, 0.717) is 19.3 Å². The summed E-state index contributed by atoms with van der Waals surface area (Å²) in [4.78, 5) is 3.72. The van der Waals surface area contributed by atoms with Gasteiger partial charge in [-0.2, -0.15) is 0 Å². The first kappa shape index (κ1) is 13.6. The van der Waals surface area contributed by atoms with Crippen molar-refractivity contribution in [1.82, 2.24) is 4.90 Å². The number of ether oxygens (including phenoxy) is 1. The van der Waals surface area contributed by atoms with Crippen molar-refractivity contribution in [2.45, 2.75) is 19.4 Å². The summed E-state index contributed by atoms with van der Waals surface area (Å²) < 4.78 is 5.25. The first-order valence-corrected chi connectivity index (χ1v) is 6.53. The molecule has 0 aromatic carbocycles. The van der Waals surface area contributed by atoms with Crippen molar-refractivity contribution < 1.29 is 9.84 Å². The van der Waals surface area contributed by atoms with Gasteiger partial charge in [-0.05, 0) is 31.8 Å². The fourth-order valence-corrected chi connectivity index (χ4v) is 2.30. The molecule has 92 valence electrons. The Labute approximate surface area is 102 Å². The first-order chi connectivity index (χ1) is 7.74. The highest BCUT2D eigenvalue weighted by molar-refractivity contribution is 7.09. The van der Waals surface area contributed by atoms with Crippen molar-refractivity contribution in [3.8, 4) is 0 Å². The van der Waals surface area contributed by atoms with Crippen molar-refractivity contribution in [3.05, 3.63) is 22.4 Å². The highest BCUT2D eigenvalue weighted by Crippen LogP contribution is 2.13. The Bertz CT molecular complexity index is 264. The highest BCUT2D eigenvalue weighted by Gasteiger charge is 2.09. The van der Waals surface area contributed by atoms with Gasteiger partial charge in [0.2, 0.25) is 0 Å². The number of likely N-dealkylation sites (N-methyl/N-ethyl adjacent to an activating group) is 1. The van der Waals surface area contributed by atoms with Crippen LogP contribution in [0.3, 0.4) is 0 Å². The lowest BCUT2D eigenvalue weighted by Gasteiger charge is -2.24. The van der Waals surface area contributed by atoms with Crippen molar-refractivity contribution >= 4 is 11.3 Å². The Morgan fingerprint density at radius 2 is 2.31 bits per heavy atom. The van der Waals surface area contributed by atoms with Gasteiger partial charge in [-0.3, -0.25) is 0 Å². The molecule has 3 nitrogen and oxygen atoms in total. The van der Waals surface area contributed by atoms with Crippen LogP contribution in [-0.2, 0) is 11.2 Å². The molecule has 1 aromatic heterocycles. The van der Waals surface area contributed by atoms with Gasteiger partial charge < -0.3 is 14.7 Å². The predicted molar refractivity (Wildman–Crippen MR) is 68.0 cm³/mol. The third kappa shape index (κ3) is 5.07. The average Bonchev–Trinajstić information content (AvgIpc) is 2.76. The molecule has 0 bridgehead atoms. The first-order valence-electron chi connectivity index (χ1n) is 5.65. The fraction of sp³-hybridized carbons (Fsp3) is 0.667. The van der Waals surface area contributed by atoms with Gasteiger partial charge >= 0.3 is 0 Å². The maximum absolute atomic E-state index is 8.57. The van der Waals surface area contributed by atoms with Crippen LogP contribution in [0.2, 0.25) is 0 Å². The van der Waals surface area contributed by atoms with E-state index in [1.807, 2.05) is 11.3 Å². The number of hydrogen-bond donors (Lipinski definition) is 1. The largest absolute Gasteiger partial charge is 0.394 e. The number of aliphatic hydroxyl groups is 1. The van der Waals surface area contributed by atoms with E-state index in [4.69, 9.17) is 9.84 Å². The van der Waals surface area contributed by atoms with Crippen LogP contribution in [0.15, 0.2) is 17.5 Å². The van der Waals surface area contributed by atoms with Crippen LogP contribution in [0, 0.1) is 0 Å². The van der Waals surface area contributed by atoms with E-state index in [1.165, 1.54) is 4.88 Å². The Balaban J connectivity index is 2.17. The lowest BCUT2D eigenvalue weighted by molar-refractivity contribution is 0.0720. The second-order valence-electron chi connectivity index (χ2n) is 3.95. The number of rotatable bonds is 8. The van der Waals surface area contributed by atoms with E-state index < -0.39 is 0 Å². The van der Waals surface area contributed by atoms with Crippen LogP contribution in [-0.4, -0.2) is 49.5 Å². The van der Waals surface area contributed by atoms with E-state index in [0.717, 1.165) is 13.0 Å². The molecule has 0 saturated heterocycles. The minimum atomic E-state index is 0.106. The summed E-state index contributed by atoms with van der Waals surface area (Å²) in [5.41, 5.74) is 0. The molecule has 0 aliphatic rings. The molecule has 0 saturated carbocycles. The molecular formula is C12H21NO2S. The molecule has 1 aromatic rings. The summed E-state index contributed by atoms with van der Waals surface area (Å²) in [6, 6.07) is 4.80. The molecule has 0 amide bonds. The van der Waals surface area contributed by atoms with E-state index in [-0.39, 0.29) is 6.61 Å². The maximum Gasteiger partial charge on any atom is 0.0698 e. The van der Waals surface area contributed by atoms with Gasteiger partial charge in [-0.15, -0.1) is 11.3 Å². The molecule has 1 unspecified atom stereocenters. The van der Waals surface area contributed by atoms with Crippen molar-refractivity contribution in [3.63, 3.8) is 0 Å². The summed E-state index contributed by atoms with van der Waals surface area (Å²) in [5, 5.41) is 10.7. The topological polar surface area (TPSA) is 32.7 Å². The molecule has 0 spiro atoms. The highest BCUT2D eigenvalue weighted by atomic mass is 32.1. The van der Waals surface area contributed by atoms with E-state index in [2.05, 4.69) is 36.4 Å². The molecule has 1 heterocycles. The average molecular weight is 243 g/mol. The molecule has 16 heavy (non-hydrogen) atoms. The second-order valence-corrected chi connectivity index (χ2v) is 4.98. The zero-order valence-corrected chi connectivity index (χ0v) is 10.9. The molecule has 0 aliphatic heterocycles. The minimum Gasteiger partial charge on any atom is -0.394 e. The molecule has 1 atom stereocenters. The van der Waals surface area contributed by atoms with Crippen molar-refractivity contribution in [2.24, 2.45) is 0 Å². The van der Waals surface area contributed by atoms with Gasteiger partial charge in [0.15, 0.2) is 0 Å². The van der Waals surface area contributed by atoms with Crippen LogP contribution >= 0.6 is 11.3 Å². The number of nitrogens with zero attached hydrogens (tertiary/aromatic N) is 1. The van der Waals surface area contributed by atoms with Crippen LogP contribution in [0.4, 0.5) is 0 Å². The van der Waals surface area contributed by atoms with Crippen LogP contribution in [0.25, 0.3) is 0 Å². The molecule has 0 fully saturated rings. The third-order valence-electron chi connectivity index (χ3n) is 2.65. The van der Waals surface area contributed by atoms with Crippen LogP contribution in [0.1, 0.15) is 11.8 Å². The third-order valence-corrected chi connectivity index (χ3v) is 3.55. The lowest BCUT2D eigenvalue weighted by atomic mass is 10.2. The Morgan fingerprint density at radius 1 is 1.50 bits per heavy atom. The smallest absolute Gasteiger partial charge is 0.0698 e. The Hall–Kier alpha value is -0.420. The normalized spacial score (nSPS) is 13.2. The Kier molecular flexibility index (Phi) is 6.64. The molecular weight excluding hydrogens is 222 g/mol. The van der Waals surface area contributed by atoms with E-state index in [9.17, 15) is 0 Å². The molecule has 0 aliphatic carbocycles. The summed E-state index contributed by atoms with van der Waals surface area (Å²) in [7, 11) is 2.11. The molecule has 0 radical (unpaired) electrons. The second kappa shape index (κ2) is 7.79. The fourth-order valence-electron chi connectivity index (χ4n) is 1.47. The van der Waals surface area contributed by atoms with E-state index in [1.54, 1.807) is 0 Å². The van der Waals surface area contributed by atoms with Gasteiger partial charge in [0.25, 0.3) is 0 Å². The quantitative estimate of drug-likeness (QED) is 0.704. The van der Waals surface area contributed by atoms with Gasteiger partial charge in [-0.1, -0.05) is 6.07 Å². The Morgan fingerprint density at radius 3 is 2.94 bits per heavy atom. The maximum atomic E-state index is 8.57. The summed E-state index contributed by atoms with van der Waals surface area (Å²) in [6.45, 7) is 4.37. The van der Waals surface area contributed by atoms with Gasteiger partial charge in [0, 0.05) is 17.5 Å². The molecule has 1 N–H and O–H groups in total. The monoisotopic (exact) mass is 243 g/mol. The zero-order valence-electron chi connectivity index (χ0n) is 10.1. The van der Waals surface area contributed by atoms with E-state index >= 15 is 0 Å². The number of hydrogen-bond acceptors (Lipinski definition) is 4. The van der Waals surface area contributed by atoms with Crippen LogP contribution in [0.5, 0.6) is 0 Å². The number of thiophene rings is 1. The molecule has 1 rings (SSSR count). The van der Waals surface area contributed by atoms with Crippen molar-refractivity contribution in [1.29, 1.82) is 0 Å². The number of aliphatic hydroxyl groups excluding tert-OH is 1. The molecule has 4 heteroatoms. The van der Waals surface area contributed by atoms with Crippen LogP contribution < -0.4 is 0 Å². The predicted octanol–water partition coefficient (Wildman–Crippen LogP) is 1.62. The van der Waals surface area contributed by atoms with Gasteiger partial charge in [0.05, 0.1) is 19.8 Å². The lowest BCUT2D eigenvalue weighted by Crippen LogP contribution is -2.33. The van der Waals surface area contributed by atoms with Gasteiger partial charge in [0.1, 0.15) is 0 Å². The summed E-state index contributed by atoms with van der Waals surface area (Å²) in [5.74, 6) is 0. The minimum absolute atomic E-state index is 0.106. The van der Waals surface area contributed by atoms with Crippen molar-refractivity contribution in [2.75, 3.05) is 33.4 Å². The zero-order chi connectivity index (χ0) is 11.8. The SMILES string of the molecule is CC(Cc1cccs1)N(C)CCOCCO. The standard InChI is InChI=1S/C12H21NO2S/c1-11(10-12-4-3-9-16-12)13(2)5-7-15-8-6-14/h3-4,9,11,14H,5-8,10H2,1-2H3.